The molecule has 3 aromatic rings. The lowest BCUT2D eigenvalue weighted by molar-refractivity contribution is -0.596. The Morgan fingerprint density at radius 2 is 1.88 bits per heavy atom. The number of hydrogen-bond donors (Lipinski definition) is 3. The largest absolute Gasteiger partial charge is 0.492 e. The summed E-state index contributed by atoms with van der Waals surface area (Å²) in [6.07, 6.45) is 2.90. The number of hydrogen-bond acceptors (Lipinski definition) is 6. The number of morpholine rings is 1. The standard InChI is InChI=1S/C27H29F3N3O8P/c1-15-11-31(13-32(15)14-40-42(36,37)38)22-6-5-18(7-23(22)39-4)8-24-27(35)33(12-16(2)41-24)26(17(3)34)19-9-20(28)25(30)21(29)10-19/h5-11,13,16-17,26,34H,12,14H2,1-4H3,(H-,36,37,38)/p+1/b24-8-/t16-,17+,26-/m0/s1. The number of phosphoric acid groups is 1. The number of aryl methyl sites for hydroxylation is 1. The van der Waals surface area contributed by atoms with Crippen molar-refractivity contribution in [2.75, 3.05) is 13.7 Å². The molecule has 1 aromatic heterocycles. The van der Waals surface area contributed by atoms with E-state index in [2.05, 4.69) is 4.52 Å². The molecule has 3 atom stereocenters. The van der Waals surface area contributed by atoms with Gasteiger partial charge in [-0.2, -0.15) is 4.57 Å². The number of nitrogens with zero attached hydrogens (tertiary/aromatic N) is 3. The number of imidazole rings is 1. The Hall–Kier alpha value is -3.68. The third kappa shape index (κ3) is 6.85. The van der Waals surface area contributed by atoms with Crippen LogP contribution in [0.15, 0.2) is 48.6 Å². The molecule has 2 aromatic carbocycles. The Labute approximate surface area is 239 Å². The van der Waals surface area contributed by atoms with E-state index in [1.165, 1.54) is 29.6 Å². The SMILES string of the molecule is COc1cc(/C=C2\O[C@@H](C)CN([C@H](c3cc(F)c(F)c(F)c3)[C@@H](C)O)C2=O)ccc1-[n+]1cc(C)n(COP(=O)(O)O)c1. The highest BCUT2D eigenvalue weighted by molar-refractivity contribution is 7.46. The number of benzene rings is 2. The fraction of sp³-hybridized carbons (Fsp3) is 0.333. The number of carbonyl (C=O) groups is 1. The van der Waals surface area contributed by atoms with Crippen molar-refractivity contribution in [3.63, 3.8) is 0 Å². The monoisotopic (exact) mass is 612 g/mol. The first-order valence-corrected chi connectivity index (χ1v) is 14.2. The topological polar surface area (TPSA) is 135 Å². The zero-order valence-corrected chi connectivity index (χ0v) is 24.0. The Kier molecular flexibility index (Phi) is 9.14. The predicted molar refractivity (Wildman–Crippen MR) is 141 cm³/mol. The first kappa shape index (κ1) is 31.3. The molecule has 226 valence electrons. The molecule has 1 aliphatic heterocycles. The molecule has 0 unspecified atom stereocenters. The van der Waals surface area contributed by atoms with Gasteiger partial charge >= 0.3 is 7.82 Å². The molecule has 2 heterocycles. The fourth-order valence-corrected chi connectivity index (χ4v) is 4.98. The van der Waals surface area contributed by atoms with Crippen LogP contribution in [0.2, 0.25) is 0 Å². The Bertz CT molecular complexity index is 1550. The van der Waals surface area contributed by atoms with Crippen LogP contribution in [0.5, 0.6) is 5.75 Å². The Balaban J connectivity index is 1.65. The Morgan fingerprint density at radius 1 is 1.21 bits per heavy atom. The molecule has 0 radical (unpaired) electrons. The summed E-state index contributed by atoms with van der Waals surface area (Å²) in [6.45, 7) is 4.37. The van der Waals surface area contributed by atoms with Gasteiger partial charge in [0.15, 0.2) is 34.6 Å². The second kappa shape index (κ2) is 12.3. The number of aromatic nitrogens is 2. The van der Waals surface area contributed by atoms with Gasteiger partial charge in [-0.05, 0) is 55.3 Å². The van der Waals surface area contributed by atoms with E-state index < -0.39 is 49.4 Å². The highest BCUT2D eigenvalue weighted by Crippen LogP contribution is 2.36. The van der Waals surface area contributed by atoms with E-state index in [4.69, 9.17) is 19.3 Å². The van der Waals surface area contributed by atoms with E-state index in [9.17, 15) is 27.6 Å². The van der Waals surface area contributed by atoms with Crippen molar-refractivity contribution in [2.45, 2.75) is 45.8 Å². The van der Waals surface area contributed by atoms with E-state index in [0.717, 1.165) is 12.1 Å². The Morgan fingerprint density at radius 3 is 2.48 bits per heavy atom. The maximum Gasteiger partial charge on any atom is 0.472 e. The maximum atomic E-state index is 14.0. The summed E-state index contributed by atoms with van der Waals surface area (Å²) in [6, 6.07) is 5.31. The molecule has 0 aliphatic carbocycles. The highest BCUT2D eigenvalue weighted by Gasteiger charge is 2.37. The van der Waals surface area contributed by atoms with Crippen LogP contribution in [-0.2, 0) is 25.4 Å². The van der Waals surface area contributed by atoms with Crippen molar-refractivity contribution in [1.29, 1.82) is 0 Å². The average Bonchev–Trinajstić information content (AvgIpc) is 3.28. The minimum absolute atomic E-state index is 0.00662. The van der Waals surface area contributed by atoms with Crippen molar-refractivity contribution in [1.82, 2.24) is 9.47 Å². The van der Waals surface area contributed by atoms with Gasteiger partial charge in [0.2, 0.25) is 6.73 Å². The molecule has 1 saturated heterocycles. The van der Waals surface area contributed by atoms with Crippen molar-refractivity contribution in [3.8, 4) is 11.4 Å². The maximum absolute atomic E-state index is 14.0. The van der Waals surface area contributed by atoms with E-state index >= 15 is 0 Å². The van der Waals surface area contributed by atoms with E-state index in [1.54, 1.807) is 49.1 Å². The van der Waals surface area contributed by atoms with E-state index in [1.807, 2.05) is 0 Å². The number of halogens is 3. The highest BCUT2D eigenvalue weighted by atomic mass is 31.2. The number of aliphatic hydroxyl groups excluding tert-OH is 1. The van der Waals surface area contributed by atoms with Crippen LogP contribution < -0.4 is 9.30 Å². The predicted octanol–water partition coefficient (Wildman–Crippen LogP) is 3.28. The zero-order valence-electron chi connectivity index (χ0n) is 23.1. The van der Waals surface area contributed by atoms with Crippen LogP contribution in [0.4, 0.5) is 13.2 Å². The number of ether oxygens (including phenoxy) is 2. The van der Waals surface area contributed by atoms with Crippen LogP contribution in [0.25, 0.3) is 11.8 Å². The summed E-state index contributed by atoms with van der Waals surface area (Å²) in [4.78, 5) is 32.7. The molecule has 3 N–H and O–H groups in total. The molecular weight excluding hydrogens is 582 g/mol. The second-order valence-electron chi connectivity index (χ2n) is 9.82. The van der Waals surface area contributed by atoms with Gasteiger partial charge < -0.3 is 29.3 Å². The third-order valence-corrected chi connectivity index (χ3v) is 7.03. The summed E-state index contributed by atoms with van der Waals surface area (Å²) < 4.78 is 71.7. The lowest BCUT2D eigenvalue weighted by atomic mass is 9.98. The van der Waals surface area contributed by atoms with Gasteiger partial charge in [0.05, 0.1) is 25.8 Å². The number of amides is 1. The summed E-state index contributed by atoms with van der Waals surface area (Å²) in [5.74, 6) is -4.90. The lowest BCUT2D eigenvalue weighted by Gasteiger charge is -2.39. The van der Waals surface area contributed by atoms with Crippen LogP contribution in [0, 0.1) is 24.4 Å². The lowest BCUT2D eigenvalue weighted by Crippen LogP contribution is -2.48. The minimum Gasteiger partial charge on any atom is -0.492 e. The fourth-order valence-electron chi connectivity index (χ4n) is 4.71. The number of phosphoric ester groups is 1. The summed E-state index contributed by atoms with van der Waals surface area (Å²) in [7, 11) is -3.23. The number of rotatable bonds is 9. The molecule has 11 nitrogen and oxygen atoms in total. The minimum atomic E-state index is -4.67. The normalized spacial score (nSPS) is 18.2. The summed E-state index contributed by atoms with van der Waals surface area (Å²) >= 11 is 0. The van der Waals surface area contributed by atoms with Crippen LogP contribution in [-0.4, -0.2) is 56.1 Å². The molecular formula is C27H30F3N3O8P+. The number of aliphatic hydroxyl groups is 1. The van der Waals surface area contributed by atoms with Gasteiger partial charge in [-0.25, -0.2) is 26.8 Å². The molecule has 1 fully saturated rings. The molecule has 4 rings (SSSR count). The molecule has 15 heteroatoms. The van der Waals surface area contributed by atoms with Crippen molar-refractivity contribution in [2.24, 2.45) is 0 Å². The first-order chi connectivity index (χ1) is 19.7. The first-order valence-electron chi connectivity index (χ1n) is 12.7. The van der Waals surface area contributed by atoms with Gasteiger partial charge in [-0.1, -0.05) is 6.07 Å². The van der Waals surface area contributed by atoms with Gasteiger partial charge in [0, 0.05) is 6.92 Å². The van der Waals surface area contributed by atoms with Crippen molar-refractivity contribution in [3.05, 3.63) is 82.9 Å². The van der Waals surface area contributed by atoms with Crippen LogP contribution in [0.1, 0.15) is 36.7 Å². The average molecular weight is 613 g/mol. The molecule has 1 aliphatic rings. The third-order valence-electron chi connectivity index (χ3n) is 6.58. The molecule has 0 bridgehead atoms. The van der Waals surface area contributed by atoms with Gasteiger partial charge in [-0.3, -0.25) is 4.79 Å². The smallest absolute Gasteiger partial charge is 0.472 e. The number of carbonyl (C=O) groups excluding carboxylic acids is 1. The number of methoxy groups -OCH3 is 1. The molecule has 1 amide bonds. The molecule has 0 spiro atoms. The molecule has 0 saturated carbocycles. The summed E-state index contributed by atoms with van der Waals surface area (Å²) in [5, 5.41) is 10.5. The van der Waals surface area contributed by atoms with Gasteiger partial charge in [0.25, 0.3) is 12.2 Å². The summed E-state index contributed by atoms with van der Waals surface area (Å²) in [5.41, 5.74) is 1.60. The van der Waals surface area contributed by atoms with E-state index in [0.29, 0.717) is 22.7 Å². The van der Waals surface area contributed by atoms with Crippen molar-refractivity contribution >= 4 is 19.8 Å². The zero-order chi connectivity index (χ0) is 30.9. The van der Waals surface area contributed by atoms with E-state index in [-0.39, 0.29) is 24.6 Å². The van der Waals surface area contributed by atoms with Gasteiger partial charge in [0.1, 0.15) is 18.0 Å². The van der Waals surface area contributed by atoms with Crippen LogP contribution >= 0.6 is 7.82 Å². The van der Waals surface area contributed by atoms with Crippen LogP contribution in [0.3, 0.4) is 0 Å². The second-order valence-corrected chi connectivity index (χ2v) is 11.1. The van der Waals surface area contributed by atoms with Crippen molar-refractivity contribution < 1.29 is 56.0 Å². The molecule has 42 heavy (non-hydrogen) atoms. The quantitative estimate of drug-likeness (QED) is 0.145. The van der Waals surface area contributed by atoms with Gasteiger partial charge in [-0.15, -0.1) is 0 Å².